The Kier molecular flexibility index (Phi) is 12.5. The van der Waals surface area contributed by atoms with Crippen LogP contribution in [0.1, 0.15) is 12.8 Å². The van der Waals surface area contributed by atoms with Gasteiger partial charge in [0, 0.05) is 12.8 Å². The molecule has 0 aromatic heterocycles. The van der Waals surface area contributed by atoms with Crippen molar-refractivity contribution in [3.05, 3.63) is 30.3 Å². The summed E-state index contributed by atoms with van der Waals surface area (Å²) in [6.45, 7) is 4.25. The summed E-state index contributed by atoms with van der Waals surface area (Å²) in [5.41, 5.74) is 0. The summed E-state index contributed by atoms with van der Waals surface area (Å²) < 4.78 is 1.13. The Labute approximate surface area is 163 Å². The molecule has 128 valence electrons. The Balaban J connectivity index is 0.000000175. The van der Waals surface area contributed by atoms with E-state index in [0.717, 1.165) is 40.0 Å². The zero-order valence-electron chi connectivity index (χ0n) is 12.7. The first-order valence-corrected chi connectivity index (χ1v) is 16.0. The Morgan fingerprint density at radius 3 is 1.57 bits per heavy atom. The van der Waals surface area contributed by atoms with Crippen LogP contribution in [0, 0.1) is 0 Å². The van der Waals surface area contributed by atoms with Crippen molar-refractivity contribution in [1.82, 2.24) is 10.6 Å². The second-order valence-corrected chi connectivity index (χ2v) is 14.1. The summed E-state index contributed by atoms with van der Waals surface area (Å²) in [6, 6.07) is 9.82. The van der Waals surface area contributed by atoms with Crippen LogP contribution >= 0.6 is 42.9 Å². The van der Waals surface area contributed by atoms with E-state index in [4.69, 9.17) is 17.7 Å². The van der Waals surface area contributed by atoms with E-state index in [1.165, 1.54) is 12.8 Å². The van der Waals surface area contributed by atoms with Crippen LogP contribution in [0.25, 0.3) is 0 Å². The minimum absolute atomic E-state index is 0.909. The number of amidine groups is 2. The Bertz CT molecular complexity index is 477. The molecule has 9 heteroatoms. The van der Waals surface area contributed by atoms with Gasteiger partial charge in [0.05, 0.1) is 26.2 Å². The van der Waals surface area contributed by atoms with Crippen molar-refractivity contribution in [2.45, 2.75) is 12.8 Å². The van der Waals surface area contributed by atoms with Crippen LogP contribution in [0.4, 0.5) is 0 Å². The van der Waals surface area contributed by atoms with Gasteiger partial charge in [0.25, 0.3) is 0 Å². The molecule has 1 aromatic carbocycles. The van der Waals surface area contributed by atoms with Crippen LogP contribution in [0.2, 0.25) is 0 Å². The van der Waals surface area contributed by atoms with Crippen LogP contribution in [-0.4, -0.2) is 54.4 Å². The van der Waals surface area contributed by atoms with E-state index >= 15 is 0 Å². The number of thiol groups is 2. The Morgan fingerprint density at radius 1 is 0.870 bits per heavy atom. The number of benzene rings is 1. The molecule has 1 aromatic rings. The van der Waals surface area contributed by atoms with E-state index in [-0.39, 0.29) is 0 Å². The zero-order chi connectivity index (χ0) is 16.9. The molecule has 4 nitrogen and oxygen atoms in total. The van der Waals surface area contributed by atoms with E-state index in [1.54, 1.807) is 0 Å². The number of rotatable bonds is 1. The van der Waals surface area contributed by atoms with Gasteiger partial charge in [-0.05, 0) is 0 Å². The molecule has 0 amide bonds. The molecule has 4 N–H and O–H groups in total. The average molecular weight is 504 g/mol. The molecule has 0 fully saturated rings. The first kappa shape index (κ1) is 21.3. The molecule has 0 aliphatic carbocycles. The SMILES string of the molecule is SC1=[NH+]CCCN1.SC1=[NH+]CCCN1.[Cl][Sb]([Cl])[c]1ccccc1. The fraction of sp³-hybridized carbons (Fsp3) is 0.429. The maximum absolute atomic E-state index is 5.75. The van der Waals surface area contributed by atoms with Crippen molar-refractivity contribution in [1.29, 1.82) is 0 Å². The van der Waals surface area contributed by atoms with Gasteiger partial charge in [-0.1, -0.05) is 25.3 Å². The van der Waals surface area contributed by atoms with E-state index in [1.807, 2.05) is 30.3 Å². The molecule has 0 atom stereocenters. The molecule has 0 unspecified atom stereocenters. The van der Waals surface area contributed by atoms with Crippen molar-refractivity contribution >= 4 is 74.7 Å². The van der Waals surface area contributed by atoms with Gasteiger partial charge in [-0.2, -0.15) is 0 Å². The summed E-state index contributed by atoms with van der Waals surface area (Å²) >= 11 is 6.15. The summed E-state index contributed by atoms with van der Waals surface area (Å²) in [7, 11) is 11.5. The summed E-state index contributed by atoms with van der Waals surface area (Å²) in [4.78, 5) is 6.10. The quantitative estimate of drug-likeness (QED) is 0.210. The third-order valence-corrected chi connectivity index (χ3v) is 8.04. The van der Waals surface area contributed by atoms with Crippen molar-refractivity contribution in [3.8, 4) is 0 Å². The standard InChI is InChI=1S/C6H5.2C4H8N2S.2ClH.Sb/c1-2-4-6-5-3-1;2*7-4-5-2-1-3-6-4;;;/h1-5H;2*1-3H2,(H2,5,6,7);2*1H;/q;;;;;+2. The molecule has 0 radical (unpaired) electrons. The van der Waals surface area contributed by atoms with Gasteiger partial charge >= 0.3 is 79.8 Å². The molecule has 0 saturated carbocycles. The minimum atomic E-state index is -1.96. The maximum atomic E-state index is 5.75. The molecule has 0 saturated heterocycles. The second kappa shape index (κ2) is 13.5. The fourth-order valence-electron chi connectivity index (χ4n) is 1.67. The molecular formula is C14H23Cl2N4S2Sb+2. The molecule has 2 aliphatic heterocycles. The normalized spacial score (nSPS) is 16.4. The molecule has 23 heavy (non-hydrogen) atoms. The van der Waals surface area contributed by atoms with Crippen molar-refractivity contribution < 1.29 is 9.98 Å². The first-order chi connectivity index (χ1) is 11.1. The fourth-order valence-corrected chi connectivity index (χ4v) is 4.76. The monoisotopic (exact) mass is 502 g/mol. The van der Waals surface area contributed by atoms with E-state index in [9.17, 15) is 0 Å². The van der Waals surface area contributed by atoms with Gasteiger partial charge in [0.15, 0.2) is 0 Å². The molecule has 2 aliphatic rings. The predicted molar refractivity (Wildman–Crippen MR) is 108 cm³/mol. The van der Waals surface area contributed by atoms with Gasteiger partial charge in [-0.15, -0.1) is 0 Å². The molecule has 0 bridgehead atoms. The Hall–Kier alpha value is 0.258. The van der Waals surface area contributed by atoms with Crippen LogP contribution in [-0.2, 0) is 0 Å². The van der Waals surface area contributed by atoms with Crippen LogP contribution in [0.3, 0.4) is 0 Å². The number of hydrogen-bond donors (Lipinski definition) is 6. The van der Waals surface area contributed by atoms with Gasteiger partial charge in [0.1, 0.15) is 0 Å². The van der Waals surface area contributed by atoms with E-state index in [2.05, 4.69) is 45.9 Å². The van der Waals surface area contributed by atoms with Crippen molar-refractivity contribution in [3.63, 3.8) is 0 Å². The predicted octanol–water partition coefficient (Wildman–Crippen LogP) is -1.45. The first-order valence-electron chi connectivity index (χ1n) is 7.33. The van der Waals surface area contributed by atoms with E-state index < -0.39 is 17.9 Å². The zero-order valence-corrected chi connectivity index (χ0v) is 18.6. The van der Waals surface area contributed by atoms with Gasteiger partial charge in [0.2, 0.25) is 0 Å². The summed E-state index contributed by atoms with van der Waals surface area (Å²) in [5.74, 6) is 0. The van der Waals surface area contributed by atoms with E-state index in [0.29, 0.717) is 0 Å². The van der Waals surface area contributed by atoms with Crippen LogP contribution in [0.15, 0.2) is 30.3 Å². The third kappa shape index (κ3) is 11.4. The van der Waals surface area contributed by atoms with Gasteiger partial charge < -0.3 is 0 Å². The van der Waals surface area contributed by atoms with Gasteiger partial charge in [-0.3, -0.25) is 20.6 Å². The third-order valence-electron chi connectivity index (χ3n) is 2.83. The van der Waals surface area contributed by atoms with Crippen molar-refractivity contribution in [2.24, 2.45) is 0 Å². The number of nitrogens with one attached hydrogen (secondary N) is 4. The molecule has 0 spiro atoms. The Morgan fingerprint density at radius 2 is 1.35 bits per heavy atom. The summed E-state index contributed by atoms with van der Waals surface area (Å²) in [5, 5.41) is 7.92. The van der Waals surface area contributed by atoms with Crippen molar-refractivity contribution in [2.75, 3.05) is 26.2 Å². The molecule has 2 heterocycles. The molecular weight excluding hydrogens is 481 g/mol. The summed E-state index contributed by atoms with van der Waals surface area (Å²) in [6.07, 6.45) is 2.40. The average Bonchev–Trinajstić information content (AvgIpc) is 2.58. The van der Waals surface area contributed by atoms with Crippen LogP contribution in [0.5, 0.6) is 0 Å². The number of halogens is 2. The van der Waals surface area contributed by atoms with Gasteiger partial charge in [-0.25, -0.2) is 0 Å². The number of hydrogen-bond acceptors (Lipinski definition) is 2. The van der Waals surface area contributed by atoms with Crippen LogP contribution < -0.4 is 24.1 Å². The topological polar surface area (TPSA) is 52.0 Å². The second-order valence-electron chi connectivity index (χ2n) is 4.68. The molecule has 3 rings (SSSR count).